The van der Waals surface area contributed by atoms with Crippen molar-refractivity contribution in [2.75, 3.05) is 6.61 Å². The third kappa shape index (κ3) is 18.1. The zero-order valence-corrected chi connectivity index (χ0v) is 20.9. The molecule has 1 aromatic carbocycles. The van der Waals surface area contributed by atoms with Gasteiger partial charge in [0.15, 0.2) is 0 Å². The third-order valence-electron chi connectivity index (χ3n) is 6.30. The van der Waals surface area contributed by atoms with E-state index in [1.165, 1.54) is 109 Å². The standard InChI is InChI=1S/C29H50O3/c1-2-3-4-5-6-7-8-9-10-11-12-13-14-15-16-17-18-19-20-25-32-29(31)26-27-21-23-28(30)24-22-27/h21-24,30H,2-20,25-26H2,1H3. The van der Waals surface area contributed by atoms with Crippen LogP contribution in [0.5, 0.6) is 5.75 Å². The lowest BCUT2D eigenvalue weighted by atomic mass is 10.0. The number of hydrogen-bond acceptors (Lipinski definition) is 3. The van der Waals surface area contributed by atoms with E-state index in [0.29, 0.717) is 6.61 Å². The average Bonchev–Trinajstić information content (AvgIpc) is 2.79. The predicted molar refractivity (Wildman–Crippen MR) is 136 cm³/mol. The first-order valence-electron chi connectivity index (χ1n) is 13.7. The summed E-state index contributed by atoms with van der Waals surface area (Å²) >= 11 is 0. The van der Waals surface area contributed by atoms with Crippen molar-refractivity contribution in [2.24, 2.45) is 0 Å². The quantitative estimate of drug-likeness (QED) is 0.143. The summed E-state index contributed by atoms with van der Waals surface area (Å²) < 4.78 is 5.31. The van der Waals surface area contributed by atoms with Crippen molar-refractivity contribution in [3.8, 4) is 5.75 Å². The smallest absolute Gasteiger partial charge is 0.310 e. The second-order valence-corrected chi connectivity index (χ2v) is 9.43. The van der Waals surface area contributed by atoms with Gasteiger partial charge in [0.1, 0.15) is 5.75 Å². The summed E-state index contributed by atoms with van der Waals surface area (Å²) in [4.78, 5) is 11.8. The van der Waals surface area contributed by atoms with Crippen LogP contribution in [0.1, 0.15) is 134 Å². The molecule has 0 aromatic heterocycles. The number of ether oxygens (including phenoxy) is 1. The first kappa shape index (κ1) is 28.5. The Labute approximate surface area is 198 Å². The summed E-state index contributed by atoms with van der Waals surface area (Å²) in [7, 11) is 0. The average molecular weight is 447 g/mol. The number of benzene rings is 1. The molecule has 0 heterocycles. The van der Waals surface area contributed by atoms with Crippen LogP contribution in [-0.2, 0) is 16.0 Å². The van der Waals surface area contributed by atoms with Crippen LogP contribution in [0.4, 0.5) is 0 Å². The first-order valence-corrected chi connectivity index (χ1v) is 13.7. The van der Waals surface area contributed by atoms with Crippen LogP contribution >= 0.6 is 0 Å². The summed E-state index contributed by atoms with van der Waals surface area (Å²) in [5, 5.41) is 9.26. The Hall–Kier alpha value is -1.51. The Kier molecular flexibility index (Phi) is 19.0. The summed E-state index contributed by atoms with van der Waals surface area (Å²) in [5.41, 5.74) is 0.876. The highest BCUT2D eigenvalue weighted by atomic mass is 16.5. The zero-order valence-electron chi connectivity index (χ0n) is 20.9. The van der Waals surface area contributed by atoms with Gasteiger partial charge in [0.05, 0.1) is 13.0 Å². The lowest BCUT2D eigenvalue weighted by Gasteiger charge is -2.06. The van der Waals surface area contributed by atoms with Crippen LogP contribution in [0.25, 0.3) is 0 Å². The molecule has 0 saturated carbocycles. The molecule has 0 atom stereocenters. The molecule has 0 amide bonds. The van der Waals surface area contributed by atoms with Crippen molar-refractivity contribution in [1.29, 1.82) is 0 Å². The SMILES string of the molecule is CCCCCCCCCCCCCCCCCCCCCOC(=O)Cc1ccc(O)cc1. The molecule has 0 radical (unpaired) electrons. The van der Waals surface area contributed by atoms with E-state index in [-0.39, 0.29) is 18.1 Å². The van der Waals surface area contributed by atoms with E-state index in [2.05, 4.69) is 6.92 Å². The van der Waals surface area contributed by atoms with E-state index < -0.39 is 0 Å². The molecular formula is C29H50O3. The summed E-state index contributed by atoms with van der Waals surface area (Å²) in [5.74, 6) is 0.0364. The molecular weight excluding hydrogens is 396 g/mol. The number of carbonyl (C=O) groups is 1. The molecule has 0 fully saturated rings. The van der Waals surface area contributed by atoms with Gasteiger partial charge in [-0.15, -0.1) is 0 Å². The maximum atomic E-state index is 11.8. The minimum Gasteiger partial charge on any atom is -0.508 e. The van der Waals surface area contributed by atoms with E-state index in [4.69, 9.17) is 4.74 Å². The Balaban J connectivity index is 1.74. The first-order chi connectivity index (χ1) is 15.7. The Morgan fingerprint density at radius 2 is 1.00 bits per heavy atom. The van der Waals surface area contributed by atoms with Crippen molar-refractivity contribution < 1.29 is 14.6 Å². The van der Waals surface area contributed by atoms with Gasteiger partial charge in [-0.3, -0.25) is 4.79 Å². The molecule has 184 valence electrons. The van der Waals surface area contributed by atoms with E-state index in [1.54, 1.807) is 24.3 Å². The lowest BCUT2D eigenvalue weighted by Crippen LogP contribution is -2.09. The number of hydrogen-bond donors (Lipinski definition) is 1. The van der Waals surface area contributed by atoms with Crippen molar-refractivity contribution in [3.05, 3.63) is 29.8 Å². The highest BCUT2D eigenvalue weighted by Crippen LogP contribution is 2.15. The molecule has 0 unspecified atom stereocenters. The minimum atomic E-state index is -0.182. The van der Waals surface area contributed by atoms with Crippen molar-refractivity contribution in [3.63, 3.8) is 0 Å². The molecule has 1 N–H and O–H groups in total. The van der Waals surface area contributed by atoms with Gasteiger partial charge in [-0.25, -0.2) is 0 Å². The number of esters is 1. The molecule has 0 aliphatic heterocycles. The van der Waals surface area contributed by atoms with Crippen LogP contribution in [0, 0.1) is 0 Å². The molecule has 32 heavy (non-hydrogen) atoms. The number of rotatable bonds is 22. The highest BCUT2D eigenvalue weighted by Gasteiger charge is 2.04. The van der Waals surface area contributed by atoms with Crippen molar-refractivity contribution in [1.82, 2.24) is 0 Å². The molecule has 0 bridgehead atoms. The summed E-state index contributed by atoms with van der Waals surface area (Å²) in [6.07, 6.45) is 26.2. The normalized spacial score (nSPS) is 11.0. The Bertz CT molecular complexity index is 538. The molecule has 1 aromatic rings. The topological polar surface area (TPSA) is 46.5 Å². The molecule has 3 nitrogen and oxygen atoms in total. The van der Waals surface area contributed by atoms with Gasteiger partial charge in [0.25, 0.3) is 0 Å². The van der Waals surface area contributed by atoms with Gasteiger partial charge in [-0.05, 0) is 24.1 Å². The van der Waals surface area contributed by atoms with E-state index in [1.807, 2.05) is 0 Å². The van der Waals surface area contributed by atoms with Gasteiger partial charge in [0.2, 0.25) is 0 Å². The molecule has 0 aliphatic carbocycles. The fraction of sp³-hybridized carbons (Fsp3) is 0.759. The largest absolute Gasteiger partial charge is 0.508 e. The van der Waals surface area contributed by atoms with Crippen molar-refractivity contribution >= 4 is 5.97 Å². The van der Waals surface area contributed by atoms with Gasteiger partial charge < -0.3 is 9.84 Å². The second-order valence-electron chi connectivity index (χ2n) is 9.43. The van der Waals surface area contributed by atoms with Gasteiger partial charge in [-0.2, -0.15) is 0 Å². The highest BCUT2D eigenvalue weighted by molar-refractivity contribution is 5.72. The predicted octanol–water partition coefficient (Wildman–Crippen LogP) is 8.91. The summed E-state index contributed by atoms with van der Waals surface area (Å²) in [6.45, 7) is 2.81. The zero-order chi connectivity index (χ0) is 23.1. The molecule has 0 spiro atoms. The summed E-state index contributed by atoms with van der Waals surface area (Å²) in [6, 6.07) is 6.71. The van der Waals surface area contributed by atoms with Crippen LogP contribution in [0.15, 0.2) is 24.3 Å². The third-order valence-corrected chi connectivity index (χ3v) is 6.30. The maximum absolute atomic E-state index is 11.8. The Morgan fingerprint density at radius 1 is 0.625 bits per heavy atom. The number of carbonyl (C=O) groups excluding carboxylic acids is 1. The number of phenolic OH excluding ortho intramolecular Hbond substituents is 1. The molecule has 0 aliphatic rings. The molecule has 3 heteroatoms. The Morgan fingerprint density at radius 3 is 1.41 bits per heavy atom. The van der Waals surface area contributed by atoms with E-state index >= 15 is 0 Å². The monoisotopic (exact) mass is 446 g/mol. The van der Waals surface area contributed by atoms with E-state index in [9.17, 15) is 9.90 Å². The maximum Gasteiger partial charge on any atom is 0.310 e. The molecule has 0 saturated heterocycles. The lowest BCUT2D eigenvalue weighted by molar-refractivity contribution is -0.142. The van der Waals surface area contributed by atoms with Gasteiger partial charge in [0, 0.05) is 0 Å². The fourth-order valence-electron chi connectivity index (χ4n) is 4.20. The van der Waals surface area contributed by atoms with Crippen LogP contribution < -0.4 is 0 Å². The van der Waals surface area contributed by atoms with Gasteiger partial charge in [-0.1, -0.05) is 135 Å². The molecule has 1 rings (SSSR count). The van der Waals surface area contributed by atoms with Crippen LogP contribution in [-0.4, -0.2) is 17.7 Å². The van der Waals surface area contributed by atoms with E-state index in [0.717, 1.165) is 18.4 Å². The minimum absolute atomic E-state index is 0.182. The van der Waals surface area contributed by atoms with Gasteiger partial charge >= 0.3 is 5.97 Å². The number of aromatic hydroxyl groups is 1. The van der Waals surface area contributed by atoms with Crippen LogP contribution in [0.3, 0.4) is 0 Å². The number of phenols is 1. The van der Waals surface area contributed by atoms with Crippen molar-refractivity contribution in [2.45, 2.75) is 135 Å². The number of unbranched alkanes of at least 4 members (excludes halogenated alkanes) is 18. The van der Waals surface area contributed by atoms with Crippen LogP contribution in [0.2, 0.25) is 0 Å². The second kappa shape index (κ2) is 21.3. The fourth-order valence-corrected chi connectivity index (χ4v) is 4.20.